The maximum Gasteiger partial charge on any atom is 0.247 e. The molecule has 1 atom stereocenters. The molecule has 104 valence electrons. The highest BCUT2D eigenvalue weighted by molar-refractivity contribution is 5.88. The van der Waals surface area contributed by atoms with Crippen LogP contribution in [-0.2, 0) is 10.3 Å². The van der Waals surface area contributed by atoms with E-state index in [0.717, 1.165) is 5.56 Å². The molecule has 0 radical (unpaired) electrons. The fourth-order valence-electron chi connectivity index (χ4n) is 2.36. The quantitative estimate of drug-likeness (QED) is 0.857. The van der Waals surface area contributed by atoms with E-state index >= 15 is 0 Å². The monoisotopic (exact) mass is 262 g/mol. The van der Waals surface area contributed by atoms with Crippen molar-refractivity contribution >= 4 is 5.91 Å². The van der Waals surface area contributed by atoms with Gasteiger partial charge in [-0.3, -0.25) is 4.79 Å². The molecule has 0 aliphatic carbocycles. The lowest BCUT2D eigenvalue weighted by molar-refractivity contribution is -0.168. The first kappa shape index (κ1) is 14.0. The normalized spacial score (nSPS) is 20.8. The number of nitrogens with zero attached hydrogens (tertiary/aromatic N) is 1. The molecule has 2 rings (SSSR count). The first-order chi connectivity index (χ1) is 8.77. The maximum absolute atomic E-state index is 12.4. The number of carbonyl (C=O) groups excluding carboxylic acids is 1. The van der Waals surface area contributed by atoms with Crippen LogP contribution in [0.4, 0.5) is 0 Å². The highest BCUT2D eigenvalue weighted by Gasteiger charge is 2.49. The molecular formula is C15H22N2O2. The minimum atomic E-state index is -1.04. The molecule has 4 heteroatoms. The summed E-state index contributed by atoms with van der Waals surface area (Å²) < 4.78 is 0. The fraction of sp³-hybridized carbons (Fsp3) is 0.533. The molecule has 1 heterocycles. The molecule has 1 aliphatic rings. The van der Waals surface area contributed by atoms with Gasteiger partial charge in [-0.2, -0.15) is 0 Å². The van der Waals surface area contributed by atoms with Gasteiger partial charge in [-0.25, -0.2) is 0 Å². The molecule has 1 aromatic carbocycles. The van der Waals surface area contributed by atoms with E-state index in [2.05, 4.69) is 0 Å². The highest BCUT2D eigenvalue weighted by atomic mass is 16.3. The van der Waals surface area contributed by atoms with E-state index in [4.69, 9.17) is 5.73 Å². The van der Waals surface area contributed by atoms with Gasteiger partial charge in [-0.15, -0.1) is 0 Å². The summed E-state index contributed by atoms with van der Waals surface area (Å²) in [6, 6.07) is 9.34. The third-order valence-corrected chi connectivity index (χ3v) is 4.11. The smallest absolute Gasteiger partial charge is 0.247 e. The SMILES string of the molecule is CC(C)C1(O)CN(C(=O)C(C)(N)c2ccccc2)C1. The van der Waals surface area contributed by atoms with Gasteiger partial charge in [0.25, 0.3) is 0 Å². The summed E-state index contributed by atoms with van der Waals surface area (Å²) >= 11 is 0. The summed E-state index contributed by atoms with van der Waals surface area (Å²) in [5.41, 5.74) is 5.17. The average molecular weight is 262 g/mol. The van der Waals surface area contributed by atoms with Crippen LogP contribution in [0.15, 0.2) is 30.3 Å². The molecule has 1 saturated heterocycles. The second-order valence-electron chi connectivity index (χ2n) is 5.99. The molecule has 0 aromatic heterocycles. The Morgan fingerprint density at radius 2 is 1.89 bits per heavy atom. The average Bonchev–Trinajstić information content (AvgIpc) is 2.34. The van der Waals surface area contributed by atoms with Crippen LogP contribution in [0.25, 0.3) is 0 Å². The van der Waals surface area contributed by atoms with Crippen molar-refractivity contribution in [3.63, 3.8) is 0 Å². The van der Waals surface area contributed by atoms with Crippen LogP contribution in [0, 0.1) is 5.92 Å². The molecular weight excluding hydrogens is 240 g/mol. The topological polar surface area (TPSA) is 66.6 Å². The minimum Gasteiger partial charge on any atom is -0.386 e. The molecule has 0 bridgehead atoms. The predicted octanol–water partition coefficient (Wildman–Crippen LogP) is 1.09. The number of likely N-dealkylation sites (tertiary alicyclic amines) is 1. The minimum absolute atomic E-state index is 0.135. The van der Waals surface area contributed by atoms with Crippen molar-refractivity contribution in [3.8, 4) is 0 Å². The second kappa shape index (κ2) is 4.62. The highest BCUT2D eigenvalue weighted by Crippen LogP contribution is 2.32. The zero-order valence-corrected chi connectivity index (χ0v) is 11.8. The summed E-state index contributed by atoms with van der Waals surface area (Å²) in [5, 5.41) is 10.2. The zero-order valence-electron chi connectivity index (χ0n) is 11.8. The van der Waals surface area contributed by atoms with Crippen molar-refractivity contribution < 1.29 is 9.90 Å². The lowest BCUT2D eigenvalue weighted by Gasteiger charge is -2.51. The van der Waals surface area contributed by atoms with Gasteiger partial charge in [-0.05, 0) is 18.4 Å². The van der Waals surface area contributed by atoms with E-state index in [-0.39, 0.29) is 11.8 Å². The second-order valence-corrected chi connectivity index (χ2v) is 5.99. The predicted molar refractivity (Wildman–Crippen MR) is 74.3 cm³/mol. The van der Waals surface area contributed by atoms with Crippen molar-refractivity contribution in [3.05, 3.63) is 35.9 Å². The maximum atomic E-state index is 12.4. The van der Waals surface area contributed by atoms with Crippen molar-refractivity contribution in [1.82, 2.24) is 4.90 Å². The third kappa shape index (κ3) is 2.38. The van der Waals surface area contributed by atoms with Crippen LogP contribution in [0.1, 0.15) is 26.3 Å². The molecule has 1 unspecified atom stereocenters. The number of hydrogen-bond donors (Lipinski definition) is 2. The first-order valence-corrected chi connectivity index (χ1v) is 6.63. The molecule has 19 heavy (non-hydrogen) atoms. The van der Waals surface area contributed by atoms with E-state index in [0.29, 0.717) is 13.1 Å². The number of nitrogens with two attached hydrogens (primary N) is 1. The molecule has 1 amide bonds. The Kier molecular flexibility index (Phi) is 3.41. The Labute approximate surface area is 114 Å². The number of carbonyl (C=O) groups is 1. The molecule has 0 spiro atoms. The van der Waals surface area contributed by atoms with Crippen molar-refractivity contribution in [2.45, 2.75) is 31.9 Å². The number of rotatable bonds is 3. The Morgan fingerprint density at radius 3 is 2.37 bits per heavy atom. The van der Waals surface area contributed by atoms with E-state index in [9.17, 15) is 9.90 Å². The Hall–Kier alpha value is -1.39. The zero-order chi connectivity index (χ0) is 14.3. The standard InChI is InChI=1S/C15H22N2O2/c1-11(2)15(19)9-17(10-15)13(18)14(3,16)12-7-5-4-6-8-12/h4-8,11,19H,9-10,16H2,1-3H3. The van der Waals surface area contributed by atoms with Crippen LogP contribution in [-0.4, -0.2) is 34.6 Å². The molecule has 3 N–H and O–H groups in total. The number of hydrogen-bond acceptors (Lipinski definition) is 3. The van der Waals surface area contributed by atoms with Crippen LogP contribution in [0.3, 0.4) is 0 Å². The van der Waals surface area contributed by atoms with Gasteiger partial charge in [0.1, 0.15) is 11.1 Å². The lowest BCUT2D eigenvalue weighted by Crippen LogP contribution is -2.69. The van der Waals surface area contributed by atoms with Crippen molar-refractivity contribution in [2.75, 3.05) is 13.1 Å². The Morgan fingerprint density at radius 1 is 1.37 bits per heavy atom. The van der Waals surface area contributed by atoms with Gasteiger partial charge < -0.3 is 15.7 Å². The number of benzene rings is 1. The van der Waals surface area contributed by atoms with Gasteiger partial charge in [0.2, 0.25) is 5.91 Å². The van der Waals surface area contributed by atoms with Crippen molar-refractivity contribution in [1.29, 1.82) is 0 Å². The number of aliphatic hydroxyl groups is 1. The van der Waals surface area contributed by atoms with Gasteiger partial charge in [0.15, 0.2) is 0 Å². The summed E-state index contributed by atoms with van der Waals surface area (Å²) in [7, 11) is 0. The summed E-state index contributed by atoms with van der Waals surface area (Å²) in [5.74, 6) is 0.00123. The molecule has 1 fully saturated rings. The van der Waals surface area contributed by atoms with Crippen LogP contribution >= 0.6 is 0 Å². The van der Waals surface area contributed by atoms with Crippen LogP contribution in [0.2, 0.25) is 0 Å². The van der Waals surface area contributed by atoms with E-state index in [1.807, 2.05) is 44.2 Å². The van der Waals surface area contributed by atoms with E-state index < -0.39 is 11.1 Å². The Balaban J connectivity index is 2.10. The molecule has 1 aromatic rings. The van der Waals surface area contributed by atoms with Gasteiger partial charge >= 0.3 is 0 Å². The summed E-state index contributed by atoms with van der Waals surface area (Å²) in [6.07, 6.45) is 0. The van der Waals surface area contributed by atoms with E-state index in [1.54, 1.807) is 11.8 Å². The Bertz CT molecular complexity index is 462. The van der Waals surface area contributed by atoms with Gasteiger partial charge in [0, 0.05) is 0 Å². The molecule has 0 saturated carbocycles. The number of β-amino-alcohol motifs (C(OH)–C–C–N with tert-alkyl or cyclic N) is 1. The van der Waals surface area contributed by atoms with Crippen molar-refractivity contribution in [2.24, 2.45) is 11.7 Å². The van der Waals surface area contributed by atoms with Crippen LogP contribution < -0.4 is 5.73 Å². The molecule has 4 nitrogen and oxygen atoms in total. The molecule has 1 aliphatic heterocycles. The van der Waals surface area contributed by atoms with Crippen LogP contribution in [0.5, 0.6) is 0 Å². The summed E-state index contributed by atoms with van der Waals surface area (Å²) in [6.45, 7) is 6.37. The fourth-order valence-corrected chi connectivity index (χ4v) is 2.36. The largest absolute Gasteiger partial charge is 0.386 e. The third-order valence-electron chi connectivity index (χ3n) is 4.11. The lowest BCUT2D eigenvalue weighted by atomic mass is 9.81. The van der Waals surface area contributed by atoms with Gasteiger partial charge in [-0.1, -0.05) is 44.2 Å². The first-order valence-electron chi connectivity index (χ1n) is 6.63. The van der Waals surface area contributed by atoms with E-state index in [1.165, 1.54) is 0 Å². The van der Waals surface area contributed by atoms with Gasteiger partial charge in [0.05, 0.1) is 13.1 Å². The number of amides is 1. The summed E-state index contributed by atoms with van der Waals surface area (Å²) in [4.78, 5) is 14.1.